The highest BCUT2D eigenvalue weighted by atomic mass is 14.2. The molecular formula is C34H20. The van der Waals surface area contributed by atoms with Gasteiger partial charge in [0.25, 0.3) is 0 Å². The Kier molecular flexibility index (Phi) is 3.48. The van der Waals surface area contributed by atoms with Gasteiger partial charge in [0.2, 0.25) is 0 Å². The molecule has 7 aromatic rings. The van der Waals surface area contributed by atoms with Crippen molar-refractivity contribution >= 4 is 32.3 Å². The first kappa shape index (κ1) is 18.1. The van der Waals surface area contributed by atoms with Crippen LogP contribution in [0.3, 0.4) is 0 Å². The molecule has 156 valence electrons. The van der Waals surface area contributed by atoms with Crippen molar-refractivity contribution in [3.63, 3.8) is 0 Å². The van der Waals surface area contributed by atoms with E-state index in [4.69, 9.17) is 0 Å². The van der Waals surface area contributed by atoms with Gasteiger partial charge >= 0.3 is 0 Å². The third-order valence-electron chi connectivity index (χ3n) is 7.52. The Bertz CT molecular complexity index is 1680. The SMILES string of the molecule is c1ccc2c(c1)-c1ccc(cc1)-c1ccccc1-c1cc3ccc4cc-2cc2ccc(c1)c3c42. The maximum atomic E-state index is 2.36. The molecule has 8 aliphatic rings. The van der Waals surface area contributed by atoms with E-state index in [0.29, 0.717) is 0 Å². The molecule has 15 rings (SSSR count). The standard InChI is InChI=1S/C34H20/c1-3-7-31-27-17-23-13-15-25-19-28(20-26-16-14-24(18-27)33(23)34(25)26)32-8-4-2-6-30(32)22-11-9-21(10-12-22)29(31)5-1/h1-20H. The number of rotatable bonds is 0. The number of hydrogen-bond acceptors (Lipinski definition) is 0. The van der Waals surface area contributed by atoms with E-state index in [1.807, 2.05) is 0 Å². The summed E-state index contributed by atoms with van der Waals surface area (Å²) in [5, 5.41) is 7.94. The van der Waals surface area contributed by atoms with Crippen molar-refractivity contribution in [1.82, 2.24) is 0 Å². The molecule has 7 aromatic carbocycles. The van der Waals surface area contributed by atoms with Crippen molar-refractivity contribution in [2.24, 2.45) is 0 Å². The summed E-state index contributed by atoms with van der Waals surface area (Å²) < 4.78 is 0. The molecule has 0 heteroatoms. The summed E-state index contributed by atoms with van der Waals surface area (Å²) in [4.78, 5) is 0. The highest BCUT2D eigenvalue weighted by molar-refractivity contribution is 6.24. The van der Waals surface area contributed by atoms with E-state index in [1.165, 1.54) is 76.8 Å². The van der Waals surface area contributed by atoms with Gasteiger partial charge in [0.05, 0.1) is 0 Å². The van der Waals surface area contributed by atoms with Crippen LogP contribution in [0.25, 0.3) is 76.8 Å². The van der Waals surface area contributed by atoms with Crippen LogP contribution in [0.1, 0.15) is 0 Å². The van der Waals surface area contributed by atoms with Crippen molar-refractivity contribution in [1.29, 1.82) is 0 Å². The second kappa shape index (κ2) is 6.56. The normalized spacial score (nSPS) is 12.1. The van der Waals surface area contributed by atoms with Gasteiger partial charge in [-0.15, -0.1) is 0 Å². The molecule has 10 bridgehead atoms. The summed E-state index contributed by atoms with van der Waals surface area (Å²) in [6.45, 7) is 0. The van der Waals surface area contributed by atoms with Gasteiger partial charge < -0.3 is 0 Å². The first-order valence-corrected chi connectivity index (χ1v) is 11.9. The summed E-state index contributed by atoms with van der Waals surface area (Å²) >= 11 is 0. The predicted molar refractivity (Wildman–Crippen MR) is 145 cm³/mol. The minimum atomic E-state index is 1.24. The van der Waals surface area contributed by atoms with Gasteiger partial charge in [-0.3, -0.25) is 0 Å². The Hall–Kier alpha value is -4.42. The molecule has 0 atom stereocenters. The summed E-state index contributed by atoms with van der Waals surface area (Å²) in [5.74, 6) is 0. The fourth-order valence-electron chi connectivity index (χ4n) is 5.95. The quantitative estimate of drug-likeness (QED) is 0.211. The average Bonchev–Trinajstić information content (AvgIpc) is 2.91. The van der Waals surface area contributed by atoms with Gasteiger partial charge in [0.15, 0.2) is 0 Å². The zero-order valence-electron chi connectivity index (χ0n) is 18.5. The Labute approximate surface area is 198 Å². The van der Waals surface area contributed by atoms with Crippen LogP contribution in [0.4, 0.5) is 0 Å². The van der Waals surface area contributed by atoms with Crippen LogP contribution in [0.15, 0.2) is 121 Å². The first-order chi connectivity index (χ1) is 16.8. The van der Waals surface area contributed by atoms with Gasteiger partial charge in [0, 0.05) is 0 Å². The Morgan fingerprint density at radius 1 is 0.265 bits per heavy atom. The van der Waals surface area contributed by atoms with E-state index in [1.54, 1.807) is 0 Å². The molecule has 0 N–H and O–H groups in total. The van der Waals surface area contributed by atoms with Crippen molar-refractivity contribution in [2.75, 3.05) is 0 Å². The second-order valence-electron chi connectivity index (χ2n) is 9.39. The smallest absolute Gasteiger partial charge is 0.00264 e. The van der Waals surface area contributed by atoms with Gasteiger partial charge in [-0.05, 0) is 101 Å². The van der Waals surface area contributed by atoms with Gasteiger partial charge in [-0.1, -0.05) is 97.1 Å². The average molecular weight is 429 g/mol. The van der Waals surface area contributed by atoms with Crippen LogP contribution in [0.5, 0.6) is 0 Å². The van der Waals surface area contributed by atoms with Crippen molar-refractivity contribution < 1.29 is 0 Å². The third kappa shape index (κ3) is 2.43. The topological polar surface area (TPSA) is 0 Å². The molecule has 8 aliphatic carbocycles. The van der Waals surface area contributed by atoms with Crippen LogP contribution in [0.2, 0.25) is 0 Å². The van der Waals surface area contributed by atoms with Crippen molar-refractivity contribution in [2.45, 2.75) is 0 Å². The van der Waals surface area contributed by atoms with E-state index in [-0.39, 0.29) is 0 Å². The van der Waals surface area contributed by atoms with E-state index < -0.39 is 0 Å². The first-order valence-electron chi connectivity index (χ1n) is 11.9. The monoisotopic (exact) mass is 428 g/mol. The lowest BCUT2D eigenvalue weighted by molar-refractivity contribution is 1.57. The fraction of sp³-hybridized carbons (Fsp3) is 0. The Morgan fingerprint density at radius 3 is 0.882 bits per heavy atom. The largest absolute Gasteiger partial charge is 0.0616 e. The maximum absolute atomic E-state index is 2.36. The molecule has 0 spiro atoms. The van der Waals surface area contributed by atoms with Crippen LogP contribution in [-0.4, -0.2) is 0 Å². The molecule has 0 fully saturated rings. The molecule has 0 aliphatic heterocycles. The van der Waals surface area contributed by atoms with Gasteiger partial charge in [-0.2, -0.15) is 0 Å². The summed E-state index contributed by atoms with van der Waals surface area (Å²) in [6.07, 6.45) is 0. The molecule has 0 aromatic heterocycles. The molecule has 0 nitrogen and oxygen atoms in total. The van der Waals surface area contributed by atoms with Crippen LogP contribution in [0, 0.1) is 0 Å². The van der Waals surface area contributed by atoms with E-state index in [2.05, 4.69) is 121 Å². The molecule has 0 saturated heterocycles. The van der Waals surface area contributed by atoms with Crippen LogP contribution >= 0.6 is 0 Å². The van der Waals surface area contributed by atoms with Gasteiger partial charge in [0.1, 0.15) is 0 Å². The lowest BCUT2D eigenvalue weighted by atomic mass is 9.86. The van der Waals surface area contributed by atoms with E-state index in [0.717, 1.165) is 0 Å². The zero-order chi connectivity index (χ0) is 22.2. The molecule has 0 amide bonds. The molecular weight excluding hydrogens is 408 g/mol. The summed E-state index contributed by atoms with van der Waals surface area (Å²) in [7, 11) is 0. The maximum Gasteiger partial charge on any atom is -0.00264 e. The van der Waals surface area contributed by atoms with E-state index >= 15 is 0 Å². The lowest BCUT2D eigenvalue weighted by Gasteiger charge is -2.18. The molecule has 0 unspecified atom stereocenters. The molecule has 34 heavy (non-hydrogen) atoms. The third-order valence-corrected chi connectivity index (χ3v) is 7.52. The Morgan fingerprint density at radius 2 is 0.559 bits per heavy atom. The fourth-order valence-corrected chi connectivity index (χ4v) is 5.95. The minimum absolute atomic E-state index is 1.24. The molecule has 0 heterocycles. The summed E-state index contributed by atoms with van der Waals surface area (Å²) in [6, 6.07) is 45.3. The zero-order valence-corrected chi connectivity index (χ0v) is 18.5. The molecule has 0 radical (unpaired) electrons. The predicted octanol–water partition coefficient (Wildman–Crippen LogP) is 9.57. The number of benzene rings is 7. The van der Waals surface area contributed by atoms with Crippen molar-refractivity contribution in [3.8, 4) is 44.5 Å². The number of hydrogen-bond donors (Lipinski definition) is 0. The summed E-state index contributed by atoms with van der Waals surface area (Å²) in [5.41, 5.74) is 10.1. The van der Waals surface area contributed by atoms with E-state index in [9.17, 15) is 0 Å². The highest BCUT2D eigenvalue weighted by Crippen LogP contribution is 2.43. The lowest BCUT2D eigenvalue weighted by Crippen LogP contribution is -1.91. The van der Waals surface area contributed by atoms with Crippen molar-refractivity contribution in [3.05, 3.63) is 121 Å². The second-order valence-corrected chi connectivity index (χ2v) is 9.39. The van der Waals surface area contributed by atoms with Crippen LogP contribution < -0.4 is 0 Å². The molecule has 0 saturated carbocycles. The Balaban J connectivity index is 1.61. The van der Waals surface area contributed by atoms with Crippen LogP contribution in [-0.2, 0) is 0 Å². The highest BCUT2D eigenvalue weighted by Gasteiger charge is 2.16. The van der Waals surface area contributed by atoms with Gasteiger partial charge in [-0.25, -0.2) is 0 Å². The minimum Gasteiger partial charge on any atom is -0.0616 e.